The number of fused-ring (bicyclic) bond motifs is 1. The molecule has 2 aromatic rings. The standard InChI is InChI=1S/C16H16N4/c17-10-12-1-4-14(5-2-12)20-8-7-19-15-9-13(11-18)3-6-16(15)20/h1-6,9,19H,7-8,10,17H2. The Labute approximate surface area is 118 Å². The van der Waals surface area contributed by atoms with E-state index in [1.165, 1.54) is 0 Å². The molecule has 0 saturated carbocycles. The Hall–Kier alpha value is -2.51. The van der Waals surface area contributed by atoms with Crippen LogP contribution in [0.25, 0.3) is 0 Å². The number of nitrogens with one attached hydrogen (secondary N) is 1. The molecule has 1 heterocycles. The largest absolute Gasteiger partial charge is 0.382 e. The van der Waals surface area contributed by atoms with E-state index >= 15 is 0 Å². The van der Waals surface area contributed by atoms with Crippen molar-refractivity contribution < 1.29 is 0 Å². The lowest BCUT2D eigenvalue weighted by atomic mass is 10.1. The number of nitrogens with two attached hydrogens (primary N) is 1. The number of anilines is 3. The van der Waals surface area contributed by atoms with E-state index in [1.54, 1.807) is 0 Å². The van der Waals surface area contributed by atoms with Crippen molar-refractivity contribution in [3.8, 4) is 6.07 Å². The third-order valence-corrected chi connectivity index (χ3v) is 3.55. The normalized spacial score (nSPS) is 13.3. The second-order valence-electron chi connectivity index (χ2n) is 4.79. The summed E-state index contributed by atoms with van der Waals surface area (Å²) >= 11 is 0. The van der Waals surface area contributed by atoms with Gasteiger partial charge in [-0.1, -0.05) is 12.1 Å². The van der Waals surface area contributed by atoms with Gasteiger partial charge >= 0.3 is 0 Å². The summed E-state index contributed by atoms with van der Waals surface area (Å²) in [6, 6.07) is 16.2. The van der Waals surface area contributed by atoms with E-state index in [4.69, 9.17) is 11.0 Å². The molecule has 0 aromatic heterocycles. The summed E-state index contributed by atoms with van der Waals surface area (Å²) < 4.78 is 0. The first kappa shape index (κ1) is 12.5. The minimum absolute atomic E-state index is 0.559. The van der Waals surface area contributed by atoms with Crippen LogP contribution in [0.5, 0.6) is 0 Å². The summed E-state index contributed by atoms with van der Waals surface area (Å²) in [6.45, 7) is 2.32. The van der Waals surface area contributed by atoms with Crippen LogP contribution in [0.1, 0.15) is 11.1 Å². The predicted molar refractivity (Wildman–Crippen MR) is 81.0 cm³/mol. The van der Waals surface area contributed by atoms with E-state index in [0.29, 0.717) is 12.1 Å². The van der Waals surface area contributed by atoms with Gasteiger partial charge in [0, 0.05) is 25.3 Å². The van der Waals surface area contributed by atoms with Crippen LogP contribution in [0, 0.1) is 11.3 Å². The molecule has 100 valence electrons. The number of nitrogens with zero attached hydrogens (tertiary/aromatic N) is 2. The molecule has 20 heavy (non-hydrogen) atoms. The summed E-state index contributed by atoms with van der Waals surface area (Å²) in [5.41, 5.74) is 10.7. The fraction of sp³-hybridized carbons (Fsp3) is 0.188. The first-order chi connectivity index (χ1) is 9.81. The number of hydrogen-bond acceptors (Lipinski definition) is 4. The van der Waals surface area contributed by atoms with Crippen LogP contribution in [0.4, 0.5) is 17.1 Å². The quantitative estimate of drug-likeness (QED) is 0.875. The van der Waals surface area contributed by atoms with Gasteiger partial charge in [-0.05, 0) is 35.9 Å². The average molecular weight is 264 g/mol. The lowest BCUT2D eigenvalue weighted by Gasteiger charge is -2.32. The summed E-state index contributed by atoms with van der Waals surface area (Å²) in [5, 5.41) is 12.3. The summed E-state index contributed by atoms with van der Waals surface area (Å²) in [6.07, 6.45) is 0. The Bertz CT molecular complexity index is 655. The van der Waals surface area contributed by atoms with Gasteiger partial charge in [0.25, 0.3) is 0 Å². The predicted octanol–water partition coefficient (Wildman–Crippen LogP) is 2.58. The lowest BCUT2D eigenvalue weighted by molar-refractivity contribution is 0.925. The van der Waals surface area contributed by atoms with Crippen molar-refractivity contribution in [3.63, 3.8) is 0 Å². The van der Waals surface area contributed by atoms with Crippen molar-refractivity contribution >= 4 is 17.1 Å². The van der Waals surface area contributed by atoms with Gasteiger partial charge in [0.05, 0.1) is 23.0 Å². The molecule has 3 N–H and O–H groups in total. The van der Waals surface area contributed by atoms with Crippen molar-refractivity contribution in [1.82, 2.24) is 0 Å². The number of hydrogen-bond donors (Lipinski definition) is 2. The van der Waals surface area contributed by atoms with Crippen LogP contribution in [0.2, 0.25) is 0 Å². The maximum absolute atomic E-state index is 8.98. The SMILES string of the molecule is N#Cc1ccc2c(c1)NCCN2c1ccc(CN)cc1. The molecule has 0 fully saturated rings. The minimum atomic E-state index is 0.559. The van der Waals surface area contributed by atoms with Crippen LogP contribution in [-0.4, -0.2) is 13.1 Å². The molecular formula is C16H16N4. The molecular weight excluding hydrogens is 248 g/mol. The van der Waals surface area contributed by atoms with Gasteiger partial charge in [-0.25, -0.2) is 0 Å². The Morgan fingerprint density at radius 2 is 2.00 bits per heavy atom. The first-order valence-corrected chi connectivity index (χ1v) is 6.66. The topological polar surface area (TPSA) is 65.1 Å². The van der Waals surface area contributed by atoms with Gasteiger partial charge in [-0.2, -0.15) is 5.26 Å². The molecule has 0 radical (unpaired) electrons. The van der Waals surface area contributed by atoms with E-state index in [0.717, 1.165) is 35.7 Å². The molecule has 0 unspecified atom stereocenters. The van der Waals surface area contributed by atoms with Gasteiger partial charge in [0.1, 0.15) is 0 Å². The molecule has 1 aliphatic rings. The molecule has 0 aliphatic carbocycles. The molecule has 4 heteroatoms. The molecule has 0 atom stereocenters. The van der Waals surface area contributed by atoms with Crippen molar-refractivity contribution in [2.75, 3.05) is 23.3 Å². The molecule has 1 aliphatic heterocycles. The fourth-order valence-electron chi connectivity index (χ4n) is 2.49. The van der Waals surface area contributed by atoms with Crippen LogP contribution in [0.3, 0.4) is 0 Å². The van der Waals surface area contributed by atoms with Crippen LogP contribution in [0.15, 0.2) is 42.5 Å². The Morgan fingerprint density at radius 1 is 1.20 bits per heavy atom. The smallest absolute Gasteiger partial charge is 0.0992 e. The van der Waals surface area contributed by atoms with Crippen molar-refractivity contribution in [2.24, 2.45) is 5.73 Å². The highest BCUT2D eigenvalue weighted by Crippen LogP contribution is 2.35. The second-order valence-corrected chi connectivity index (χ2v) is 4.79. The summed E-state index contributed by atoms with van der Waals surface area (Å²) in [7, 11) is 0. The molecule has 0 spiro atoms. The molecule has 0 bridgehead atoms. The zero-order valence-corrected chi connectivity index (χ0v) is 11.1. The Kier molecular flexibility index (Phi) is 3.28. The van der Waals surface area contributed by atoms with E-state index < -0.39 is 0 Å². The van der Waals surface area contributed by atoms with E-state index in [-0.39, 0.29) is 0 Å². The number of benzene rings is 2. The van der Waals surface area contributed by atoms with Crippen LogP contribution < -0.4 is 16.0 Å². The molecule has 2 aromatic carbocycles. The monoisotopic (exact) mass is 264 g/mol. The third-order valence-electron chi connectivity index (χ3n) is 3.55. The van der Waals surface area contributed by atoms with Gasteiger partial charge in [-0.3, -0.25) is 0 Å². The highest BCUT2D eigenvalue weighted by atomic mass is 15.2. The van der Waals surface area contributed by atoms with E-state index in [2.05, 4.69) is 40.6 Å². The zero-order valence-electron chi connectivity index (χ0n) is 11.1. The van der Waals surface area contributed by atoms with Crippen molar-refractivity contribution in [3.05, 3.63) is 53.6 Å². The van der Waals surface area contributed by atoms with Gasteiger partial charge in [0.2, 0.25) is 0 Å². The van der Waals surface area contributed by atoms with Gasteiger partial charge in [0.15, 0.2) is 0 Å². The minimum Gasteiger partial charge on any atom is -0.382 e. The maximum atomic E-state index is 8.98. The Balaban J connectivity index is 1.98. The zero-order chi connectivity index (χ0) is 13.9. The van der Waals surface area contributed by atoms with Crippen LogP contribution >= 0.6 is 0 Å². The maximum Gasteiger partial charge on any atom is 0.0992 e. The lowest BCUT2D eigenvalue weighted by Crippen LogP contribution is -2.30. The van der Waals surface area contributed by atoms with Gasteiger partial charge in [-0.15, -0.1) is 0 Å². The van der Waals surface area contributed by atoms with Crippen molar-refractivity contribution in [1.29, 1.82) is 5.26 Å². The Morgan fingerprint density at radius 3 is 2.70 bits per heavy atom. The van der Waals surface area contributed by atoms with Crippen molar-refractivity contribution in [2.45, 2.75) is 6.54 Å². The fourth-order valence-corrected chi connectivity index (χ4v) is 2.49. The van der Waals surface area contributed by atoms with E-state index in [1.807, 2.05) is 18.2 Å². The number of rotatable bonds is 2. The molecule has 0 saturated heterocycles. The van der Waals surface area contributed by atoms with Crippen LogP contribution in [-0.2, 0) is 6.54 Å². The summed E-state index contributed by atoms with van der Waals surface area (Å²) in [5.74, 6) is 0. The summed E-state index contributed by atoms with van der Waals surface area (Å²) in [4.78, 5) is 2.26. The molecule has 3 rings (SSSR count). The highest BCUT2D eigenvalue weighted by Gasteiger charge is 2.18. The number of nitriles is 1. The highest BCUT2D eigenvalue weighted by molar-refractivity contribution is 5.79. The van der Waals surface area contributed by atoms with E-state index in [9.17, 15) is 0 Å². The first-order valence-electron chi connectivity index (χ1n) is 6.66. The molecule has 4 nitrogen and oxygen atoms in total. The van der Waals surface area contributed by atoms with Gasteiger partial charge < -0.3 is 16.0 Å². The average Bonchev–Trinajstić information content (AvgIpc) is 2.54. The third kappa shape index (κ3) is 2.20. The second kappa shape index (κ2) is 5.24. The molecule has 0 amide bonds.